The molecule has 1 saturated carbocycles. The first-order chi connectivity index (χ1) is 8.65. The molecule has 0 aliphatic heterocycles. The lowest BCUT2D eigenvalue weighted by Gasteiger charge is -2.38. The van der Waals surface area contributed by atoms with Crippen LogP contribution in [-0.4, -0.2) is 30.5 Å². The second-order valence-electron chi connectivity index (χ2n) is 6.37. The van der Waals surface area contributed by atoms with Crippen LogP contribution < -0.4 is 0 Å². The number of methoxy groups -OCH3 is 1. The molecule has 0 heterocycles. The monoisotopic (exact) mass is 269 g/mol. The second-order valence-corrected chi connectivity index (χ2v) is 6.37. The first-order valence-corrected chi connectivity index (χ1v) is 6.54. The van der Waals surface area contributed by atoms with Gasteiger partial charge in [0.05, 0.1) is 7.11 Å². The molecule has 0 atom stereocenters. The van der Waals surface area contributed by atoms with Gasteiger partial charge in [-0.3, -0.25) is 0 Å². The van der Waals surface area contributed by atoms with Crippen molar-refractivity contribution in [3.05, 3.63) is 0 Å². The van der Waals surface area contributed by atoms with E-state index in [0.29, 0.717) is 6.42 Å². The normalized spacial score (nSPS) is 18.5. The van der Waals surface area contributed by atoms with Crippen molar-refractivity contribution < 1.29 is 19.1 Å². The van der Waals surface area contributed by atoms with Crippen molar-refractivity contribution in [3.63, 3.8) is 0 Å². The van der Waals surface area contributed by atoms with E-state index in [-0.39, 0.29) is 11.1 Å². The highest BCUT2D eigenvalue weighted by molar-refractivity contribution is 6.38. The molecule has 0 spiro atoms. The number of nitrogens with zero attached hydrogens (tertiary/aromatic N) is 1. The molecule has 1 amide bonds. The average molecular weight is 269 g/mol. The van der Waals surface area contributed by atoms with Crippen LogP contribution in [0.1, 0.15) is 53.4 Å². The van der Waals surface area contributed by atoms with Gasteiger partial charge in [-0.1, -0.05) is 13.3 Å². The summed E-state index contributed by atoms with van der Waals surface area (Å²) in [4.78, 5) is 27.1. The molecule has 5 heteroatoms. The van der Waals surface area contributed by atoms with E-state index < -0.39 is 17.7 Å². The first kappa shape index (κ1) is 15.7. The maximum Gasteiger partial charge on any atom is 0.434 e. The lowest BCUT2D eigenvalue weighted by Crippen LogP contribution is -2.33. The van der Waals surface area contributed by atoms with Crippen LogP contribution in [-0.2, 0) is 14.3 Å². The number of hydrogen-bond acceptors (Lipinski definition) is 4. The van der Waals surface area contributed by atoms with Crippen LogP contribution in [0.3, 0.4) is 0 Å². The van der Waals surface area contributed by atoms with E-state index in [9.17, 15) is 9.59 Å². The molecule has 0 bridgehead atoms. The van der Waals surface area contributed by atoms with Gasteiger partial charge >= 0.3 is 12.1 Å². The van der Waals surface area contributed by atoms with Crippen LogP contribution >= 0.6 is 0 Å². The zero-order valence-electron chi connectivity index (χ0n) is 12.4. The molecule has 0 saturated heterocycles. The van der Waals surface area contributed by atoms with Gasteiger partial charge in [0.2, 0.25) is 0 Å². The van der Waals surface area contributed by atoms with Crippen molar-refractivity contribution in [1.29, 1.82) is 0 Å². The van der Waals surface area contributed by atoms with Crippen LogP contribution in [0.5, 0.6) is 0 Å². The number of carbonyl (C=O) groups is 2. The molecule has 19 heavy (non-hydrogen) atoms. The Bertz CT molecular complexity index is 389. The fraction of sp³-hybridized carbons (Fsp3) is 0.786. The number of carbonyl (C=O) groups excluding carboxylic acids is 2. The summed E-state index contributed by atoms with van der Waals surface area (Å²) in [7, 11) is 1.29. The number of aliphatic imine (C=N–C) groups is 1. The van der Waals surface area contributed by atoms with Gasteiger partial charge in [-0.25, -0.2) is 9.59 Å². The molecule has 0 unspecified atom stereocenters. The maximum absolute atomic E-state index is 11.7. The van der Waals surface area contributed by atoms with Gasteiger partial charge < -0.3 is 9.47 Å². The van der Waals surface area contributed by atoms with Crippen molar-refractivity contribution in [2.75, 3.05) is 7.11 Å². The maximum atomic E-state index is 11.7. The van der Waals surface area contributed by atoms with E-state index in [0.717, 1.165) is 19.3 Å². The third kappa shape index (κ3) is 5.01. The Hall–Kier alpha value is -1.39. The zero-order valence-corrected chi connectivity index (χ0v) is 12.4. The molecular formula is C14H23NO4. The molecule has 0 aromatic rings. The number of ether oxygens (including phenoxy) is 2. The van der Waals surface area contributed by atoms with Crippen molar-refractivity contribution in [2.24, 2.45) is 10.4 Å². The lowest BCUT2D eigenvalue weighted by molar-refractivity contribution is -0.133. The molecule has 1 aliphatic rings. The zero-order chi connectivity index (χ0) is 14.7. The topological polar surface area (TPSA) is 65.0 Å². The molecular weight excluding hydrogens is 246 g/mol. The van der Waals surface area contributed by atoms with Crippen LogP contribution in [0.2, 0.25) is 0 Å². The highest BCUT2D eigenvalue weighted by Crippen LogP contribution is 2.43. The third-order valence-electron chi connectivity index (χ3n) is 3.20. The fourth-order valence-corrected chi connectivity index (χ4v) is 2.03. The predicted octanol–water partition coefficient (Wildman–Crippen LogP) is 3.12. The second kappa shape index (κ2) is 5.72. The van der Waals surface area contributed by atoms with Crippen molar-refractivity contribution in [3.8, 4) is 0 Å². The van der Waals surface area contributed by atoms with Gasteiger partial charge in [0.1, 0.15) is 11.3 Å². The SMILES string of the molecule is COC(=O)C(CC1(C)CCC1)=NC(=O)OC(C)(C)C. The van der Waals surface area contributed by atoms with E-state index in [1.54, 1.807) is 20.8 Å². The number of esters is 1. The van der Waals surface area contributed by atoms with Crippen LogP contribution in [0.4, 0.5) is 4.79 Å². The average Bonchev–Trinajstić information content (AvgIpc) is 2.22. The molecule has 1 aliphatic carbocycles. The highest BCUT2D eigenvalue weighted by atomic mass is 16.6. The minimum Gasteiger partial charge on any atom is -0.465 e. The van der Waals surface area contributed by atoms with E-state index in [2.05, 4.69) is 16.7 Å². The summed E-state index contributed by atoms with van der Waals surface area (Å²) < 4.78 is 9.78. The largest absolute Gasteiger partial charge is 0.465 e. The van der Waals surface area contributed by atoms with Gasteiger partial charge in [-0.05, 0) is 39.0 Å². The molecule has 0 N–H and O–H groups in total. The molecule has 108 valence electrons. The predicted molar refractivity (Wildman–Crippen MR) is 72.3 cm³/mol. The summed E-state index contributed by atoms with van der Waals surface area (Å²) in [6, 6.07) is 0. The summed E-state index contributed by atoms with van der Waals surface area (Å²) in [5.41, 5.74) is -0.420. The summed E-state index contributed by atoms with van der Waals surface area (Å²) in [6.45, 7) is 7.35. The van der Waals surface area contributed by atoms with Crippen molar-refractivity contribution in [1.82, 2.24) is 0 Å². The minimum absolute atomic E-state index is 0.0506. The highest BCUT2D eigenvalue weighted by Gasteiger charge is 2.35. The van der Waals surface area contributed by atoms with Crippen molar-refractivity contribution >= 4 is 17.8 Å². The lowest BCUT2D eigenvalue weighted by atomic mass is 9.67. The summed E-state index contributed by atoms with van der Waals surface area (Å²) in [5, 5.41) is 0. The molecule has 0 aromatic heterocycles. The van der Waals surface area contributed by atoms with E-state index in [1.165, 1.54) is 7.11 Å². The Kier molecular flexibility index (Phi) is 4.71. The first-order valence-electron chi connectivity index (χ1n) is 6.54. The number of hydrogen-bond donors (Lipinski definition) is 0. The molecule has 0 radical (unpaired) electrons. The summed E-state index contributed by atoms with van der Waals surface area (Å²) in [5.74, 6) is -0.556. The van der Waals surface area contributed by atoms with Crippen LogP contribution in [0.25, 0.3) is 0 Å². The standard InChI is InChI=1S/C14H23NO4/c1-13(2,3)19-12(17)15-10(11(16)18-5)9-14(4)7-6-8-14/h6-9H2,1-5H3. The number of amides is 1. The Morgan fingerprint density at radius 1 is 1.26 bits per heavy atom. The Morgan fingerprint density at radius 3 is 2.21 bits per heavy atom. The smallest absolute Gasteiger partial charge is 0.434 e. The van der Waals surface area contributed by atoms with Gasteiger partial charge in [0, 0.05) is 6.42 Å². The van der Waals surface area contributed by atoms with Crippen LogP contribution in [0.15, 0.2) is 4.99 Å². The Morgan fingerprint density at radius 2 is 1.84 bits per heavy atom. The summed E-state index contributed by atoms with van der Waals surface area (Å²) >= 11 is 0. The quantitative estimate of drug-likeness (QED) is 0.583. The van der Waals surface area contributed by atoms with Gasteiger partial charge in [-0.15, -0.1) is 0 Å². The van der Waals surface area contributed by atoms with E-state index >= 15 is 0 Å². The van der Waals surface area contributed by atoms with E-state index in [4.69, 9.17) is 4.74 Å². The van der Waals surface area contributed by atoms with Crippen molar-refractivity contribution in [2.45, 2.75) is 59.0 Å². The molecule has 1 fully saturated rings. The molecule has 5 nitrogen and oxygen atoms in total. The van der Waals surface area contributed by atoms with Gasteiger partial charge in [-0.2, -0.15) is 4.99 Å². The minimum atomic E-state index is -0.740. The van der Waals surface area contributed by atoms with Gasteiger partial charge in [0.25, 0.3) is 0 Å². The molecule has 0 aromatic carbocycles. The molecule has 1 rings (SSSR count). The van der Waals surface area contributed by atoms with E-state index in [1.807, 2.05) is 0 Å². The van der Waals surface area contributed by atoms with Crippen LogP contribution in [0, 0.1) is 5.41 Å². The number of rotatable bonds is 3. The Balaban J connectivity index is 2.78. The van der Waals surface area contributed by atoms with Gasteiger partial charge in [0.15, 0.2) is 0 Å². The summed E-state index contributed by atoms with van der Waals surface area (Å²) in [6.07, 6.45) is 2.95. The third-order valence-corrected chi connectivity index (χ3v) is 3.20. The Labute approximate surface area is 114 Å². The fourth-order valence-electron chi connectivity index (χ4n) is 2.03.